The average molecular weight is 950 g/mol. The van der Waals surface area contributed by atoms with Crippen LogP contribution in [0.25, 0.3) is 5.00 Å². The molecule has 4 aromatic rings. The summed E-state index contributed by atoms with van der Waals surface area (Å²) < 4.78 is 7.83. The molecule has 352 valence electrons. The minimum Gasteiger partial charge on any atom is -0.485 e. The van der Waals surface area contributed by atoms with Crippen LogP contribution in [-0.4, -0.2) is 116 Å². The third-order valence-electron chi connectivity index (χ3n) is 13.2. The number of aromatic nitrogens is 3. The van der Waals surface area contributed by atoms with Gasteiger partial charge in [-0.2, -0.15) is 0 Å². The first-order valence-corrected chi connectivity index (χ1v) is 24.5. The molecule has 15 nitrogen and oxygen atoms in total. The number of piperidine rings is 1. The van der Waals surface area contributed by atoms with Crippen molar-refractivity contribution in [2.75, 3.05) is 39.3 Å². The molecule has 2 aromatic carbocycles. The van der Waals surface area contributed by atoms with Gasteiger partial charge in [0, 0.05) is 78.6 Å². The zero-order valence-electron chi connectivity index (χ0n) is 38.4. The highest BCUT2D eigenvalue weighted by Gasteiger charge is 2.45. The Morgan fingerprint density at radius 1 is 0.851 bits per heavy atom. The van der Waals surface area contributed by atoms with Crippen molar-refractivity contribution in [3.63, 3.8) is 0 Å². The molecule has 0 spiro atoms. The average Bonchev–Trinajstić information content (AvgIpc) is 3.89. The van der Waals surface area contributed by atoms with Crippen molar-refractivity contribution in [3.8, 4) is 10.8 Å². The van der Waals surface area contributed by atoms with Crippen molar-refractivity contribution in [3.05, 3.63) is 104 Å². The van der Waals surface area contributed by atoms with Crippen LogP contribution in [0.5, 0.6) is 5.75 Å². The number of benzene rings is 2. The van der Waals surface area contributed by atoms with E-state index in [-0.39, 0.29) is 47.4 Å². The number of fused-ring (bicyclic) bond motifs is 4. The van der Waals surface area contributed by atoms with E-state index < -0.39 is 29.8 Å². The zero-order chi connectivity index (χ0) is 47.4. The number of aliphatic imine (C=N–C) groups is 1. The fourth-order valence-electron chi connectivity index (χ4n) is 9.35. The van der Waals surface area contributed by atoms with Crippen molar-refractivity contribution < 1.29 is 33.5 Å². The molecule has 1 unspecified atom stereocenters. The molecule has 2 atom stereocenters. The number of thiophene rings is 1. The number of nitrogens with zero attached hydrogens (tertiary/aromatic N) is 7. The number of nitrogens with one attached hydrogen (secondary N) is 1. The number of hydrogen-bond donors (Lipinski definition) is 1. The van der Waals surface area contributed by atoms with Crippen LogP contribution in [-0.2, 0) is 19.2 Å². The lowest BCUT2D eigenvalue weighted by Crippen LogP contribution is -2.51. The lowest BCUT2D eigenvalue weighted by Gasteiger charge is -2.34. The summed E-state index contributed by atoms with van der Waals surface area (Å²) in [6.07, 6.45) is 6.88. The molecular formula is C50H57ClN8O7S. The molecule has 0 bridgehead atoms. The second kappa shape index (κ2) is 21.0. The summed E-state index contributed by atoms with van der Waals surface area (Å²) in [5, 5.41) is 13.2. The summed E-state index contributed by atoms with van der Waals surface area (Å²) in [5.41, 5.74) is 4.74. The minimum absolute atomic E-state index is 0.0704. The lowest BCUT2D eigenvalue weighted by atomic mass is 9.99. The van der Waals surface area contributed by atoms with E-state index in [9.17, 15) is 28.8 Å². The number of amides is 4. The Hall–Kier alpha value is -5.84. The van der Waals surface area contributed by atoms with E-state index in [4.69, 9.17) is 21.3 Å². The van der Waals surface area contributed by atoms with Gasteiger partial charge in [-0.15, -0.1) is 21.5 Å². The van der Waals surface area contributed by atoms with E-state index >= 15 is 0 Å². The van der Waals surface area contributed by atoms with Gasteiger partial charge in [-0.25, -0.2) is 0 Å². The number of carbonyl (C=O) groups excluding carboxylic acids is 6. The van der Waals surface area contributed by atoms with Gasteiger partial charge in [0.15, 0.2) is 11.6 Å². The molecule has 4 aliphatic rings. The van der Waals surface area contributed by atoms with Gasteiger partial charge in [-0.3, -0.25) is 48.1 Å². The number of Topliss-reactive ketones (excluding diaryl/α,β-unsaturated/α-hetero) is 2. The van der Waals surface area contributed by atoms with Crippen LogP contribution >= 0.6 is 22.9 Å². The largest absolute Gasteiger partial charge is 0.485 e. The molecule has 8 rings (SSSR count). The number of hydrogen-bond acceptors (Lipinski definition) is 12. The molecule has 4 aliphatic heterocycles. The zero-order valence-corrected chi connectivity index (χ0v) is 40.0. The highest BCUT2D eigenvalue weighted by molar-refractivity contribution is 7.15. The standard InChI is InChI=1S/C50H57ClN8O7S/c1-30-17-22-40(47(63)52-30)59-48(64)38-14-11-15-41(44(38)49(59)65)66-29-37(61)13-7-5-6-8-16-42(62)57-26-24-56(25-27-57)23-10-9-12-36(60)28-39-46-55-54-33(4)58(46)50-43(31(2)32(3)67-50)45(53-39)34-18-20-35(51)21-19-34/h11,14-15,18-21,39-40H,1,5-10,12-13,16-17,22-29H2,2-4H3,(H,52,63)/t39-,40?/m0/s1. The quantitative estimate of drug-likeness (QED) is 0.0734. The molecule has 4 amide bonds. The SMILES string of the molecule is C=C1CCC(N2C(=O)c3cccc(OCC(=O)CCCCCCC(=O)N4CCN(CCCCC(=O)C[C@@H]5N=C(c6ccc(Cl)cc6)c6c(sc(C)c6C)-n6c(C)nnc65)CC4)c3C2=O)C(=O)N1. The van der Waals surface area contributed by atoms with Crippen molar-refractivity contribution in [1.29, 1.82) is 0 Å². The van der Waals surface area contributed by atoms with Crippen molar-refractivity contribution in [2.24, 2.45) is 4.99 Å². The number of imide groups is 1. The number of ether oxygens (including phenoxy) is 1. The molecule has 67 heavy (non-hydrogen) atoms. The van der Waals surface area contributed by atoms with E-state index in [0.29, 0.717) is 68.2 Å². The predicted octanol–water partition coefficient (Wildman–Crippen LogP) is 7.45. The van der Waals surface area contributed by atoms with Gasteiger partial charge >= 0.3 is 0 Å². The number of carbonyl (C=O) groups is 6. The Morgan fingerprint density at radius 2 is 1.57 bits per heavy atom. The number of unbranched alkanes of at least 4 members (excludes halogenated alkanes) is 4. The molecule has 0 saturated carbocycles. The number of aryl methyl sites for hydroxylation is 2. The normalized spacial score (nSPS) is 18.3. The Bertz CT molecular complexity index is 2630. The Kier molecular flexibility index (Phi) is 14.9. The topological polar surface area (TPSA) is 176 Å². The number of halogens is 1. The maximum absolute atomic E-state index is 13.5. The molecule has 17 heteroatoms. The molecule has 2 saturated heterocycles. The third kappa shape index (κ3) is 10.5. The molecule has 6 heterocycles. The van der Waals surface area contributed by atoms with Gasteiger partial charge in [0.2, 0.25) is 11.8 Å². The van der Waals surface area contributed by atoms with Gasteiger partial charge in [0.25, 0.3) is 11.8 Å². The summed E-state index contributed by atoms with van der Waals surface area (Å²) >= 11 is 7.94. The number of ketones is 2. The fourth-order valence-corrected chi connectivity index (χ4v) is 10.7. The Morgan fingerprint density at radius 3 is 2.31 bits per heavy atom. The van der Waals surface area contributed by atoms with Crippen LogP contribution in [0.15, 0.2) is 59.7 Å². The number of allylic oxidation sites excluding steroid dienone is 1. The number of rotatable bonds is 19. The van der Waals surface area contributed by atoms with Gasteiger partial charge in [-0.1, -0.05) is 49.2 Å². The first-order chi connectivity index (χ1) is 32.3. The first-order valence-electron chi connectivity index (χ1n) is 23.3. The second-order valence-electron chi connectivity index (χ2n) is 17.9. The summed E-state index contributed by atoms with van der Waals surface area (Å²) in [6.45, 7) is 13.5. The van der Waals surface area contributed by atoms with Crippen LogP contribution < -0.4 is 10.1 Å². The molecular weight excluding hydrogens is 892 g/mol. The Balaban J connectivity index is 0.710. The maximum atomic E-state index is 13.5. The highest BCUT2D eigenvalue weighted by Crippen LogP contribution is 2.40. The van der Waals surface area contributed by atoms with Crippen LogP contribution in [0, 0.1) is 20.8 Å². The smallest absolute Gasteiger partial charge is 0.266 e. The minimum atomic E-state index is -0.932. The molecule has 0 aliphatic carbocycles. The first kappa shape index (κ1) is 47.6. The van der Waals surface area contributed by atoms with Gasteiger partial charge in [0.05, 0.1) is 16.8 Å². The molecule has 1 N–H and O–H groups in total. The maximum Gasteiger partial charge on any atom is 0.266 e. The van der Waals surface area contributed by atoms with Gasteiger partial charge in [-0.05, 0) is 95.7 Å². The monoisotopic (exact) mass is 948 g/mol. The van der Waals surface area contributed by atoms with Crippen LogP contribution in [0.3, 0.4) is 0 Å². The third-order valence-corrected chi connectivity index (χ3v) is 14.7. The molecule has 2 fully saturated rings. The molecule has 0 radical (unpaired) electrons. The highest BCUT2D eigenvalue weighted by atomic mass is 35.5. The van der Waals surface area contributed by atoms with Crippen molar-refractivity contribution in [2.45, 2.75) is 110 Å². The number of piperazine rings is 1. The van der Waals surface area contributed by atoms with Crippen LogP contribution in [0.2, 0.25) is 5.02 Å². The lowest BCUT2D eigenvalue weighted by molar-refractivity contribution is -0.133. The van der Waals surface area contributed by atoms with E-state index in [1.807, 2.05) is 36.1 Å². The van der Waals surface area contributed by atoms with Crippen LogP contribution in [0.4, 0.5) is 0 Å². The van der Waals surface area contributed by atoms with Crippen molar-refractivity contribution >= 4 is 63.8 Å². The van der Waals surface area contributed by atoms with Crippen LogP contribution in [0.1, 0.15) is 137 Å². The summed E-state index contributed by atoms with van der Waals surface area (Å²) in [6, 6.07) is 10.9. The van der Waals surface area contributed by atoms with Gasteiger partial charge in [0.1, 0.15) is 41.0 Å². The summed E-state index contributed by atoms with van der Waals surface area (Å²) in [4.78, 5) is 90.0. The van der Waals surface area contributed by atoms with Gasteiger partial charge < -0.3 is 15.0 Å². The summed E-state index contributed by atoms with van der Waals surface area (Å²) in [5.74, 6) is 0.139. The second-order valence-corrected chi connectivity index (χ2v) is 19.5. The van der Waals surface area contributed by atoms with E-state index in [0.717, 1.165) is 89.9 Å². The predicted molar refractivity (Wildman–Crippen MR) is 255 cm³/mol. The van der Waals surface area contributed by atoms with E-state index in [1.165, 1.54) is 10.9 Å². The van der Waals surface area contributed by atoms with E-state index in [1.54, 1.807) is 23.5 Å². The molecule has 2 aromatic heterocycles. The fraction of sp³-hybridized carbons (Fsp3) is 0.460. The van der Waals surface area contributed by atoms with Crippen molar-refractivity contribution in [1.82, 2.24) is 34.8 Å². The van der Waals surface area contributed by atoms with E-state index in [2.05, 4.69) is 45.4 Å². The summed E-state index contributed by atoms with van der Waals surface area (Å²) in [7, 11) is 0. The Labute approximate surface area is 399 Å².